The number of rotatable bonds is 2. The van der Waals surface area contributed by atoms with Crippen LogP contribution in [0.4, 0.5) is 14.5 Å². The Hall–Kier alpha value is -2.47. The summed E-state index contributed by atoms with van der Waals surface area (Å²) in [5, 5.41) is 20.4. The number of benzene rings is 1. The molecule has 1 aromatic carbocycles. The van der Waals surface area contributed by atoms with Crippen molar-refractivity contribution in [1.82, 2.24) is 0 Å². The maximum Gasteiger partial charge on any atom is 0.248 e. The van der Waals surface area contributed by atoms with Crippen molar-refractivity contribution in [3.8, 4) is 12.1 Å². The first-order valence-electron chi connectivity index (χ1n) is 6.58. The van der Waals surface area contributed by atoms with Crippen LogP contribution in [0.5, 0.6) is 0 Å². The van der Waals surface area contributed by atoms with Crippen LogP contribution in [0, 0.1) is 28.6 Å². The van der Waals surface area contributed by atoms with Crippen molar-refractivity contribution in [1.29, 1.82) is 10.5 Å². The van der Waals surface area contributed by atoms with Gasteiger partial charge in [0.15, 0.2) is 0 Å². The monoisotopic (exact) mass is 289 g/mol. The van der Waals surface area contributed by atoms with Crippen LogP contribution in [0.3, 0.4) is 0 Å². The molecule has 1 fully saturated rings. The maximum absolute atomic E-state index is 13.1. The summed E-state index contributed by atoms with van der Waals surface area (Å²) in [4.78, 5) is 12.0. The Morgan fingerprint density at radius 3 is 2.38 bits per heavy atom. The molecule has 1 N–H and O–H groups in total. The molecule has 0 bridgehead atoms. The van der Waals surface area contributed by atoms with Crippen LogP contribution in [0.2, 0.25) is 0 Å². The summed E-state index contributed by atoms with van der Waals surface area (Å²) in [6, 6.07) is 8.14. The summed E-state index contributed by atoms with van der Waals surface area (Å²) in [7, 11) is 0. The van der Waals surface area contributed by atoms with E-state index >= 15 is 0 Å². The van der Waals surface area contributed by atoms with Crippen molar-refractivity contribution in [2.45, 2.75) is 31.6 Å². The van der Waals surface area contributed by atoms with E-state index < -0.39 is 11.8 Å². The normalized spacial score (nSPS) is 17.5. The van der Waals surface area contributed by atoms with Crippen LogP contribution in [-0.2, 0) is 4.79 Å². The van der Waals surface area contributed by atoms with Gasteiger partial charge < -0.3 is 5.32 Å². The molecule has 4 nitrogen and oxygen atoms in total. The SMILES string of the molecule is N#Cc1ccc(NC(=O)C2CCC(F)(F)CC2)cc1C#N. The summed E-state index contributed by atoms with van der Waals surface area (Å²) in [5.74, 6) is -3.43. The van der Waals surface area contributed by atoms with E-state index in [1.165, 1.54) is 18.2 Å². The Morgan fingerprint density at radius 2 is 1.81 bits per heavy atom. The Balaban J connectivity index is 2.04. The standard InChI is InChI=1S/C15H13F2N3O/c16-15(17)5-3-10(4-6-15)14(21)20-13-2-1-11(8-18)12(7-13)9-19/h1-2,7,10H,3-6H2,(H,20,21). The molecule has 21 heavy (non-hydrogen) atoms. The Morgan fingerprint density at radius 1 is 1.19 bits per heavy atom. The van der Waals surface area contributed by atoms with Crippen LogP contribution in [0.25, 0.3) is 0 Å². The molecule has 0 saturated heterocycles. The molecule has 6 heteroatoms. The Kier molecular flexibility index (Phi) is 4.18. The zero-order valence-electron chi connectivity index (χ0n) is 11.2. The van der Waals surface area contributed by atoms with Gasteiger partial charge in [0.1, 0.15) is 12.1 Å². The number of amides is 1. The van der Waals surface area contributed by atoms with Crippen molar-refractivity contribution in [2.24, 2.45) is 5.92 Å². The van der Waals surface area contributed by atoms with Gasteiger partial charge in [0, 0.05) is 24.4 Å². The average molecular weight is 289 g/mol. The minimum absolute atomic E-state index is 0.153. The van der Waals surface area contributed by atoms with E-state index in [-0.39, 0.29) is 42.7 Å². The molecule has 0 aromatic heterocycles. The van der Waals surface area contributed by atoms with Gasteiger partial charge in [0.05, 0.1) is 11.1 Å². The second kappa shape index (κ2) is 5.88. The fraction of sp³-hybridized carbons (Fsp3) is 0.400. The number of carbonyl (C=O) groups excluding carboxylic acids is 1. The maximum atomic E-state index is 13.1. The molecule has 0 heterocycles. The van der Waals surface area contributed by atoms with Crippen LogP contribution < -0.4 is 5.32 Å². The second-order valence-electron chi connectivity index (χ2n) is 5.10. The van der Waals surface area contributed by atoms with E-state index in [2.05, 4.69) is 5.32 Å². The van der Waals surface area contributed by atoms with Gasteiger partial charge in [0.2, 0.25) is 11.8 Å². The molecule has 1 aliphatic carbocycles. The third-order valence-electron chi connectivity index (χ3n) is 3.62. The third-order valence-corrected chi connectivity index (χ3v) is 3.62. The van der Waals surface area contributed by atoms with Gasteiger partial charge in [-0.3, -0.25) is 4.79 Å². The zero-order valence-corrected chi connectivity index (χ0v) is 11.2. The molecule has 1 aromatic rings. The molecule has 1 saturated carbocycles. The molecular formula is C15H13F2N3O. The molecule has 0 aliphatic heterocycles. The highest BCUT2D eigenvalue weighted by molar-refractivity contribution is 5.92. The van der Waals surface area contributed by atoms with Crippen LogP contribution in [0.15, 0.2) is 18.2 Å². The van der Waals surface area contributed by atoms with E-state index in [1.807, 2.05) is 12.1 Å². The predicted octanol–water partition coefficient (Wildman–Crippen LogP) is 3.19. The van der Waals surface area contributed by atoms with E-state index in [0.29, 0.717) is 5.69 Å². The predicted molar refractivity (Wildman–Crippen MR) is 71.4 cm³/mol. The van der Waals surface area contributed by atoms with E-state index in [0.717, 1.165) is 0 Å². The van der Waals surface area contributed by atoms with Crippen molar-refractivity contribution in [3.05, 3.63) is 29.3 Å². The summed E-state index contributed by atoms with van der Waals surface area (Å²) >= 11 is 0. The van der Waals surface area contributed by atoms with Gasteiger partial charge in [-0.05, 0) is 31.0 Å². The van der Waals surface area contributed by atoms with Crippen molar-refractivity contribution >= 4 is 11.6 Å². The first-order valence-corrected chi connectivity index (χ1v) is 6.58. The lowest BCUT2D eigenvalue weighted by Gasteiger charge is -2.27. The molecule has 0 spiro atoms. The number of hydrogen-bond acceptors (Lipinski definition) is 3. The number of hydrogen-bond donors (Lipinski definition) is 1. The van der Waals surface area contributed by atoms with Crippen molar-refractivity contribution in [2.75, 3.05) is 5.32 Å². The van der Waals surface area contributed by atoms with Gasteiger partial charge in [-0.2, -0.15) is 10.5 Å². The topological polar surface area (TPSA) is 76.7 Å². The Bertz CT molecular complexity index is 633. The number of anilines is 1. The molecule has 2 rings (SSSR count). The zero-order chi connectivity index (χ0) is 15.5. The van der Waals surface area contributed by atoms with Gasteiger partial charge in [-0.15, -0.1) is 0 Å². The molecule has 108 valence electrons. The average Bonchev–Trinajstić information content (AvgIpc) is 2.46. The number of nitrogens with zero attached hydrogens (tertiary/aromatic N) is 2. The molecule has 0 unspecified atom stereocenters. The molecular weight excluding hydrogens is 276 g/mol. The van der Waals surface area contributed by atoms with Crippen molar-refractivity contribution < 1.29 is 13.6 Å². The minimum Gasteiger partial charge on any atom is -0.326 e. The largest absolute Gasteiger partial charge is 0.326 e. The number of carbonyl (C=O) groups is 1. The quantitative estimate of drug-likeness (QED) is 0.908. The molecule has 0 radical (unpaired) electrons. The number of alkyl halides is 2. The highest BCUT2D eigenvalue weighted by atomic mass is 19.3. The summed E-state index contributed by atoms with van der Waals surface area (Å²) in [5.41, 5.74) is 0.797. The Labute approximate surface area is 121 Å². The van der Waals surface area contributed by atoms with E-state index in [1.54, 1.807) is 0 Å². The van der Waals surface area contributed by atoms with Gasteiger partial charge >= 0.3 is 0 Å². The summed E-state index contributed by atoms with van der Waals surface area (Å²) in [6.45, 7) is 0. The second-order valence-corrected chi connectivity index (χ2v) is 5.10. The van der Waals surface area contributed by atoms with E-state index in [9.17, 15) is 13.6 Å². The van der Waals surface area contributed by atoms with Crippen LogP contribution >= 0.6 is 0 Å². The lowest BCUT2D eigenvalue weighted by Crippen LogP contribution is -2.31. The lowest BCUT2D eigenvalue weighted by atomic mass is 9.86. The van der Waals surface area contributed by atoms with Gasteiger partial charge in [-0.25, -0.2) is 8.78 Å². The van der Waals surface area contributed by atoms with Crippen LogP contribution in [-0.4, -0.2) is 11.8 Å². The molecule has 1 amide bonds. The number of halogens is 2. The highest BCUT2D eigenvalue weighted by Crippen LogP contribution is 2.36. The third kappa shape index (κ3) is 3.55. The number of nitriles is 2. The summed E-state index contributed by atoms with van der Waals surface area (Å²) < 4.78 is 26.1. The highest BCUT2D eigenvalue weighted by Gasteiger charge is 2.37. The van der Waals surface area contributed by atoms with E-state index in [4.69, 9.17) is 10.5 Å². The smallest absolute Gasteiger partial charge is 0.248 e. The molecule has 0 atom stereocenters. The first-order chi connectivity index (χ1) is 9.95. The fourth-order valence-corrected chi connectivity index (χ4v) is 2.36. The van der Waals surface area contributed by atoms with Crippen LogP contribution in [0.1, 0.15) is 36.8 Å². The molecule has 1 aliphatic rings. The lowest BCUT2D eigenvalue weighted by molar-refractivity contribution is -0.124. The van der Waals surface area contributed by atoms with Gasteiger partial charge in [0.25, 0.3) is 0 Å². The first kappa shape index (κ1) is 14.9. The minimum atomic E-state index is -2.67. The van der Waals surface area contributed by atoms with Gasteiger partial charge in [-0.1, -0.05) is 0 Å². The number of nitrogens with one attached hydrogen (secondary N) is 1. The summed E-state index contributed by atoms with van der Waals surface area (Å²) in [6.07, 6.45) is -0.246. The fourth-order valence-electron chi connectivity index (χ4n) is 2.36. The van der Waals surface area contributed by atoms with Crippen molar-refractivity contribution in [3.63, 3.8) is 0 Å².